The SMILES string of the molecule is C=CCCC(C)CC1CCCCC1. The Morgan fingerprint density at radius 3 is 2.62 bits per heavy atom. The van der Waals surface area contributed by atoms with E-state index in [4.69, 9.17) is 0 Å². The lowest BCUT2D eigenvalue weighted by molar-refractivity contribution is 0.290. The van der Waals surface area contributed by atoms with Crippen molar-refractivity contribution in [1.29, 1.82) is 0 Å². The Morgan fingerprint density at radius 2 is 2.00 bits per heavy atom. The minimum absolute atomic E-state index is 0.918. The summed E-state index contributed by atoms with van der Waals surface area (Å²) in [6, 6.07) is 0. The van der Waals surface area contributed by atoms with Gasteiger partial charge in [-0.3, -0.25) is 0 Å². The van der Waals surface area contributed by atoms with Crippen LogP contribution in [0.5, 0.6) is 0 Å². The second-order valence-corrected chi connectivity index (χ2v) is 4.71. The van der Waals surface area contributed by atoms with Gasteiger partial charge in [0.25, 0.3) is 0 Å². The molecule has 0 aromatic heterocycles. The van der Waals surface area contributed by atoms with Gasteiger partial charge in [0, 0.05) is 0 Å². The summed E-state index contributed by atoms with van der Waals surface area (Å²) in [6.45, 7) is 6.18. The maximum atomic E-state index is 3.78. The smallest absolute Gasteiger partial charge is 0.0351 e. The van der Waals surface area contributed by atoms with Crippen LogP contribution in [-0.4, -0.2) is 0 Å². The predicted octanol–water partition coefficient (Wildman–Crippen LogP) is 4.56. The first-order valence-corrected chi connectivity index (χ1v) is 5.94. The Hall–Kier alpha value is -0.260. The summed E-state index contributed by atoms with van der Waals surface area (Å²) in [7, 11) is 0. The zero-order valence-electron chi connectivity index (χ0n) is 9.10. The molecule has 1 aliphatic carbocycles. The Morgan fingerprint density at radius 1 is 1.31 bits per heavy atom. The summed E-state index contributed by atoms with van der Waals surface area (Å²) in [6.07, 6.45) is 13.5. The highest BCUT2D eigenvalue weighted by atomic mass is 14.2. The molecule has 0 amide bonds. The van der Waals surface area contributed by atoms with E-state index in [1.165, 1.54) is 51.4 Å². The molecule has 1 fully saturated rings. The van der Waals surface area contributed by atoms with Crippen LogP contribution in [0, 0.1) is 11.8 Å². The molecular weight excluding hydrogens is 156 g/mol. The summed E-state index contributed by atoms with van der Waals surface area (Å²) < 4.78 is 0. The van der Waals surface area contributed by atoms with Crippen LogP contribution in [0.1, 0.15) is 58.3 Å². The zero-order chi connectivity index (χ0) is 9.52. The van der Waals surface area contributed by atoms with Crippen molar-refractivity contribution in [2.45, 2.75) is 58.3 Å². The molecule has 0 aliphatic heterocycles. The van der Waals surface area contributed by atoms with E-state index in [-0.39, 0.29) is 0 Å². The van der Waals surface area contributed by atoms with Gasteiger partial charge in [-0.15, -0.1) is 6.58 Å². The fourth-order valence-corrected chi connectivity index (χ4v) is 2.51. The molecule has 1 aliphatic rings. The highest BCUT2D eigenvalue weighted by Crippen LogP contribution is 2.30. The molecule has 0 heterocycles. The number of hydrogen-bond acceptors (Lipinski definition) is 0. The molecule has 76 valence electrons. The van der Waals surface area contributed by atoms with Gasteiger partial charge in [-0.2, -0.15) is 0 Å². The van der Waals surface area contributed by atoms with Crippen LogP contribution < -0.4 is 0 Å². The minimum Gasteiger partial charge on any atom is -0.103 e. The topological polar surface area (TPSA) is 0 Å². The van der Waals surface area contributed by atoms with Crippen molar-refractivity contribution in [3.63, 3.8) is 0 Å². The van der Waals surface area contributed by atoms with E-state index in [1.807, 2.05) is 0 Å². The molecule has 0 radical (unpaired) electrons. The Balaban J connectivity index is 2.10. The van der Waals surface area contributed by atoms with Gasteiger partial charge in [-0.1, -0.05) is 45.1 Å². The Kier molecular flexibility index (Phi) is 5.19. The number of rotatable bonds is 5. The van der Waals surface area contributed by atoms with Crippen molar-refractivity contribution in [1.82, 2.24) is 0 Å². The third kappa shape index (κ3) is 4.50. The van der Waals surface area contributed by atoms with Gasteiger partial charge in [0.1, 0.15) is 0 Å². The van der Waals surface area contributed by atoms with E-state index >= 15 is 0 Å². The van der Waals surface area contributed by atoms with Crippen LogP contribution in [-0.2, 0) is 0 Å². The quantitative estimate of drug-likeness (QED) is 0.544. The first-order valence-electron chi connectivity index (χ1n) is 5.94. The molecule has 0 saturated heterocycles. The van der Waals surface area contributed by atoms with Gasteiger partial charge in [0.05, 0.1) is 0 Å². The molecule has 0 N–H and O–H groups in total. The fourth-order valence-electron chi connectivity index (χ4n) is 2.51. The van der Waals surface area contributed by atoms with E-state index < -0.39 is 0 Å². The van der Waals surface area contributed by atoms with E-state index in [2.05, 4.69) is 19.6 Å². The first-order chi connectivity index (χ1) is 6.33. The van der Waals surface area contributed by atoms with Gasteiger partial charge in [0.2, 0.25) is 0 Å². The van der Waals surface area contributed by atoms with Gasteiger partial charge < -0.3 is 0 Å². The Labute approximate surface area is 83.4 Å². The largest absolute Gasteiger partial charge is 0.103 e. The number of hydrogen-bond donors (Lipinski definition) is 0. The van der Waals surface area contributed by atoms with E-state index in [0.717, 1.165) is 11.8 Å². The van der Waals surface area contributed by atoms with Crippen molar-refractivity contribution in [2.24, 2.45) is 11.8 Å². The third-order valence-electron chi connectivity index (χ3n) is 3.32. The monoisotopic (exact) mass is 180 g/mol. The molecule has 1 unspecified atom stereocenters. The second kappa shape index (κ2) is 6.23. The van der Waals surface area contributed by atoms with Gasteiger partial charge in [-0.05, 0) is 31.1 Å². The summed E-state index contributed by atoms with van der Waals surface area (Å²) in [4.78, 5) is 0. The summed E-state index contributed by atoms with van der Waals surface area (Å²) in [5.74, 6) is 1.97. The van der Waals surface area contributed by atoms with Crippen molar-refractivity contribution < 1.29 is 0 Å². The molecule has 0 bridgehead atoms. The van der Waals surface area contributed by atoms with Crippen LogP contribution in [0.4, 0.5) is 0 Å². The van der Waals surface area contributed by atoms with Crippen molar-refractivity contribution in [3.05, 3.63) is 12.7 Å². The standard InChI is InChI=1S/C13H24/c1-3-4-8-12(2)11-13-9-6-5-7-10-13/h3,12-13H,1,4-11H2,2H3. The molecular formula is C13H24. The van der Waals surface area contributed by atoms with Crippen molar-refractivity contribution in [3.8, 4) is 0 Å². The lowest BCUT2D eigenvalue weighted by Gasteiger charge is -2.24. The summed E-state index contributed by atoms with van der Waals surface area (Å²) in [5, 5.41) is 0. The van der Waals surface area contributed by atoms with E-state index in [9.17, 15) is 0 Å². The zero-order valence-corrected chi connectivity index (χ0v) is 9.10. The molecule has 13 heavy (non-hydrogen) atoms. The first kappa shape index (κ1) is 10.8. The summed E-state index contributed by atoms with van der Waals surface area (Å²) in [5.41, 5.74) is 0. The molecule has 0 nitrogen and oxygen atoms in total. The van der Waals surface area contributed by atoms with Gasteiger partial charge in [-0.25, -0.2) is 0 Å². The number of allylic oxidation sites excluding steroid dienone is 1. The van der Waals surface area contributed by atoms with E-state index in [1.54, 1.807) is 0 Å². The second-order valence-electron chi connectivity index (χ2n) is 4.71. The van der Waals surface area contributed by atoms with Gasteiger partial charge >= 0.3 is 0 Å². The molecule has 0 spiro atoms. The highest BCUT2D eigenvalue weighted by Gasteiger charge is 2.15. The lowest BCUT2D eigenvalue weighted by Crippen LogP contribution is -2.10. The molecule has 0 heteroatoms. The van der Waals surface area contributed by atoms with Crippen molar-refractivity contribution in [2.75, 3.05) is 0 Å². The molecule has 0 aromatic carbocycles. The third-order valence-corrected chi connectivity index (χ3v) is 3.32. The van der Waals surface area contributed by atoms with Crippen molar-refractivity contribution >= 4 is 0 Å². The van der Waals surface area contributed by atoms with Crippen LogP contribution in [0.15, 0.2) is 12.7 Å². The average Bonchev–Trinajstić information content (AvgIpc) is 2.16. The maximum absolute atomic E-state index is 3.78. The van der Waals surface area contributed by atoms with Crippen LogP contribution in [0.25, 0.3) is 0 Å². The van der Waals surface area contributed by atoms with Crippen LogP contribution in [0.2, 0.25) is 0 Å². The highest BCUT2D eigenvalue weighted by molar-refractivity contribution is 4.72. The normalized spacial score (nSPS) is 21.3. The molecule has 1 rings (SSSR count). The minimum atomic E-state index is 0.918. The molecule has 0 aromatic rings. The summed E-state index contributed by atoms with van der Waals surface area (Å²) >= 11 is 0. The average molecular weight is 180 g/mol. The van der Waals surface area contributed by atoms with Crippen LogP contribution in [0.3, 0.4) is 0 Å². The lowest BCUT2D eigenvalue weighted by atomic mass is 9.82. The predicted molar refractivity (Wildman–Crippen MR) is 59.8 cm³/mol. The van der Waals surface area contributed by atoms with Crippen LogP contribution >= 0.6 is 0 Å². The van der Waals surface area contributed by atoms with E-state index in [0.29, 0.717) is 0 Å². The van der Waals surface area contributed by atoms with Gasteiger partial charge in [0.15, 0.2) is 0 Å². The Bertz CT molecular complexity index is 131. The fraction of sp³-hybridized carbons (Fsp3) is 0.846. The maximum Gasteiger partial charge on any atom is -0.0351 e. The molecule has 1 atom stereocenters. The molecule has 1 saturated carbocycles.